The topological polar surface area (TPSA) is 32.3 Å². The quantitative estimate of drug-likeness (QED) is 0.926. The summed E-state index contributed by atoms with van der Waals surface area (Å²) in [5.74, 6) is 0.880. The second kappa shape index (κ2) is 5.80. The van der Waals surface area contributed by atoms with Crippen LogP contribution in [0.3, 0.4) is 0 Å². The standard InChI is InChI=1S/C18H26N2O/c1-3-8-18(9-10-19-13-18)17(21)20-12-14(2)11-15-6-4-5-7-16(15)20/h4-7,14,19H,3,8-13H2,1-2H3. The molecule has 0 radical (unpaired) electrons. The Morgan fingerprint density at radius 3 is 2.95 bits per heavy atom. The third-order valence-corrected chi connectivity index (χ3v) is 5.02. The first-order chi connectivity index (χ1) is 10.2. The number of hydrogen-bond acceptors (Lipinski definition) is 2. The molecular formula is C18H26N2O. The molecule has 1 fully saturated rings. The van der Waals surface area contributed by atoms with Gasteiger partial charge in [-0.05, 0) is 43.4 Å². The van der Waals surface area contributed by atoms with Gasteiger partial charge in [-0.3, -0.25) is 4.79 Å². The number of nitrogens with zero attached hydrogens (tertiary/aromatic N) is 1. The zero-order chi connectivity index (χ0) is 14.9. The lowest BCUT2D eigenvalue weighted by Crippen LogP contribution is -2.49. The molecule has 2 aliphatic heterocycles. The van der Waals surface area contributed by atoms with Crippen LogP contribution in [0.2, 0.25) is 0 Å². The fourth-order valence-corrected chi connectivity index (χ4v) is 4.00. The Morgan fingerprint density at radius 1 is 1.43 bits per heavy atom. The van der Waals surface area contributed by atoms with Crippen LogP contribution in [0, 0.1) is 11.3 Å². The van der Waals surface area contributed by atoms with Crippen LogP contribution in [0.5, 0.6) is 0 Å². The van der Waals surface area contributed by atoms with Gasteiger partial charge in [0.25, 0.3) is 0 Å². The first kappa shape index (κ1) is 14.6. The summed E-state index contributed by atoms with van der Waals surface area (Å²) in [6, 6.07) is 8.42. The lowest BCUT2D eigenvalue weighted by atomic mass is 9.80. The average Bonchev–Trinajstić information content (AvgIpc) is 2.96. The summed E-state index contributed by atoms with van der Waals surface area (Å²) < 4.78 is 0. The van der Waals surface area contributed by atoms with Crippen molar-refractivity contribution in [1.29, 1.82) is 0 Å². The van der Waals surface area contributed by atoms with E-state index < -0.39 is 0 Å². The number of benzene rings is 1. The van der Waals surface area contributed by atoms with Gasteiger partial charge in [0.05, 0.1) is 5.41 Å². The lowest BCUT2D eigenvalue weighted by molar-refractivity contribution is -0.128. The van der Waals surface area contributed by atoms with Crippen molar-refractivity contribution in [3.63, 3.8) is 0 Å². The van der Waals surface area contributed by atoms with Crippen molar-refractivity contribution < 1.29 is 4.79 Å². The molecular weight excluding hydrogens is 260 g/mol. The Bertz CT molecular complexity index is 520. The first-order valence-electron chi connectivity index (χ1n) is 8.27. The van der Waals surface area contributed by atoms with Gasteiger partial charge in [0.1, 0.15) is 0 Å². The summed E-state index contributed by atoms with van der Waals surface area (Å²) in [7, 11) is 0. The highest BCUT2D eigenvalue weighted by Gasteiger charge is 2.44. The molecule has 1 saturated heterocycles. The minimum absolute atomic E-state index is 0.182. The summed E-state index contributed by atoms with van der Waals surface area (Å²) in [5, 5.41) is 3.41. The molecule has 1 aromatic rings. The van der Waals surface area contributed by atoms with Crippen LogP contribution in [0.25, 0.3) is 0 Å². The molecule has 0 saturated carbocycles. The third kappa shape index (κ3) is 2.59. The zero-order valence-electron chi connectivity index (χ0n) is 13.2. The van der Waals surface area contributed by atoms with Crippen LogP contribution in [-0.2, 0) is 11.2 Å². The number of anilines is 1. The number of hydrogen-bond donors (Lipinski definition) is 1. The molecule has 1 aromatic carbocycles. The van der Waals surface area contributed by atoms with Gasteiger partial charge in [-0.1, -0.05) is 38.5 Å². The molecule has 0 aliphatic carbocycles. The van der Waals surface area contributed by atoms with Gasteiger partial charge in [-0.15, -0.1) is 0 Å². The molecule has 0 aromatic heterocycles. The van der Waals surface area contributed by atoms with Crippen molar-refractivity contribution in [2.24, 2.45) is 11.3 Å². The summed E-state index contributed by atoms with van der Waals surface area (Å²) in [4.78, 5) is 15.4. The predicted octanol–water partition coefficient (Wildman–Crippen LogP) is 2.99. The van der Waals surface area contributed by atoms with Gasteiger partial charge >= 0.3 is 0 Å². The number of carbonyl (C=O) groups excluding carboxylic acids is 1. The SMILES string of the molecule is CCCC1(C(=O)N2CC(C)Cc3ccccc32)CCNC1. The zero-order valence-corrected chi connectivity index (χ0v) is 13.2. The number of carbonyl (C=O) groups is 1. The van der Waals surface area contributed by atoms with E-state index in [0.717, 1.165) is 51.0 Å². The minimum Gasteiger partial charge on any atom is -0.316 e. The van der Waals surface area contributed by atoms with Crippen molar-refractivity contribution >= 4 is 11.6 Å². The molecule has 21 heavy (non-hydrogen) atoms. The van der Waals surface area contributed by atoms with Crippen LogP contribution in [0.4, 0.5) is 5.69 Å². The van der Waals surface area contributed by atoms with Crippen molar-refractivity contribution in [2.75, 3.05) is 24.5 Å². The van der Waals surface area contributed by atoms with E-state index in [1.807, 2.05) is 0 Å². The molecule has 3 heteroatoms. The molecule has 1 N–H and O–H groups in total. The van der Waals surface area contributed by atoms with Crippen molar-refractivity contribution in [1.82, 2.24) is 5.32 Å². The lowest BCUT2D eigenvalue weighted by Gasteiger charge is -2.39. The first-order valence-corrected chi connectivity index (χ1v) is 8.27. The third-order valence-electron chi connectivity index (χ3n) is 5.02. The highest BCUT2D eigenvalue weighted by atomic mass is 16.2. The fourth-order valence-electron chi connectivity index (χ4n) is 4.00. The molecule has 2 aliphatic rings. The van der Waals surface area contributed by atoms with Gasteiger partial charge in [0.2, 0.25) is 5.91 Å². The maximum atomic E-state index is 13.3. The maximum Gasteiger partial charge on any atom is 0.234 e. The van der Waals surface area contributed by atoms with Gasteiger partial charge in [-0.2, -0.15) is 0 Å². The number of fused-ring (bicyclic) bond motifs is 1. The van der Waals surface area contributed by atoms with E-state index in [1.54, 1.807) is 0 Å². The monoisotopic (exact) mass is 286 g/mol. The van der Waals surface area contributed by atoms with Gasteiger partial charge < -0.3 is 10.2 Å². The highest BCUT2D eigenvalue weighted by Crippen LogP contribution is 2.38. The molecule has 3 nitrogen and oxygen atoms in total. The van der Waals surface area contributed by atoms with Crippen LogP contribution in [0.15, 0.2) is 24.3 Å². The minimum atomic E-state index is -0.182. The van der Waals surface area contributed by atoms with Gasteiger partial charge in [0, 0.05) is 18.8 Å². The van der Waals surface area contributed by atoms with Crippen molar-refractivity contribution in [2.45, 2.75) is 39.5 Å². The van der Waals surface area contributed by atoms with Crippen molar-refractivity contribution in [3.05, 3.63) is 29.8 Å². The summed E-state index contributed by atoms with van der Waals surface area (Å²) in [5.41, 5.74) is 2.28. The fraction of sp³-hybridized carbons (Fsp3) is 0.611. The summed E-state index contributed by atoms with van der Waals surface area (Å²) in [6.45, 7) is 7.10. The predicted molar refractivity (Wildman–Crippen MR) is 86.5 cm³/mol. The number of rotatable bonds is 3. The molecule has 2 unspecified atom stereocenters. The molecule has 0 bridgehead atoms. The summed E-state index contributed by atoms with van der Waals surface area (Å²) >= 11 is 0. The van der Waals surface area contributed by atoms with Crippen LogP contribution in [0.1, 0.15) is 38.7 Å². The Kier molecular flexibility index (Phi) is 4.03. The van der Waals surface area contributed by atoms with Crippen LogP contribution >= 0.6 is 0 Å². The molecule has 114 valence electrons. The second-order valence-electron chi connectivity index (χ2n) is 6.81. The van der Waals surface area contributed by atoms with Crippen molar-refractivity contribution in [3.8, 4) is 0 Å². The Morgan fingerprint density at radius 2 is 2.24 bits per heavy atom. The highest BCUT2D eigenvalue weighted by molar-refractivity contribution is 5.99. The Labute approximate surface area is 127 Å². The number of para-hydroxylation sites is 1. The largest absolute Gasteiger partial charge is 0.316 e. The van der Waals surface area contributed by atoms with E-state index >= 15 is 0 Å². The second-order valence-corrected chi connectivity index (χ2v) is 6.81. The maximum absolute atomic E-state index is 13.3. The molecule has 1 amide bonds. The number of amides is 1. The van der Waals surface area contributed by atoms with Crippen LogP contribution < -0.4 is 10.2 Å². The van der Waals surface area contributed by atoms with E-state index in [-0.39, 0.29) is 5.41 Å². The Hall–Kier alpha value is -1.35. The molecule has 3 rings (SSSR count). The van der Waals surface area contributed by atoms with Gasteiger partial charge in [-0.25, -0.2) is 0 Å². The van der Waals surface area contributed by atoms with E-state index in [4.69, 9.17) is 0 Å². The molecule has 2 heterocycles. The summed E-state index contributed by atoms with van der Waals surface area (Å²) in [6.07, 6.45) is 4.12. The van der Waals surface area contributed by atoms with E-state index in [1.165, 1.54) is 5.56 Å². The van der Waals surface area contributed by atoms with E-state index in [0.29, 0.717) is 11.8 Å². The average molecular weight is 286 g/mol. The smallest absolute Gasteiger partial charge is 0.234 e. The van der Waals surface area contributed by atoms with Gasteiger partial charge in [0.15, 0.2) is 0 Å². The molecule has 2 atom stereocenters. The van der Waals surface area contributed by atoms with Crippen LogP contribution in [-0.4, -0.2) is 25.5 Å². The number of nitrogens with one attached hydrogen (secondary N) is 1. The Balaban J connectivity index is 1.94. The normalized spacial score (nSPS) is 28.5. The molecule has 0 spiro atoms. The van der Waals surface area contributed by atoms with E-state index in [2.05, 4.69) is 48.3 Å². The van der Waals surface area contributed by atoms with E-state index in [9.17, 15) is 4.79 Å².